The number of rotatable bonds is 5. The highest BCUT2D eigenvalue weighted by Gasteiger charge is 2.16. The van der Waals surface area contributed by atoms with Gasteiger partial charge in [0.25, 0.3) is 0 Å². The largest absolute Gasteiger partial charge is 0.305 e. The first-order valence-electron chi connectivity index (χ1n) is 7.54. The number of hydrogen-bond donors (Lipinski definition) is 1. The van der Waals surface area contributed by atoms with Crippen molar-refractivity contribution in [2.45, 2.75) is 53.0 Å². The maximum atomic E-state index is 4.51. The summed E-state index contributed by atoms with van der Waals surface area (Å²) >= 11 is 1.80. The van der Waals surface area contributed by atoms with E-state index in [0.29, 0.717) is 6.04 Å². The Morgan fingerprint density at radius 1 is 1.14 bits per heavy atom. The molecule has 0 saturated heterocycles. The van der Waals surface area contributed by atoms with Crippen molar-refractivity contribution in [2.24, 2.45) is 0 Å². The van der Waals surface area contributed by atoms with E-state index in [4.69, 9.17) is 0 Å². The smallest absolute Gasteiger partial charge is 0.0900 e. The van der Waals surface area contributed by atoms with E-state index < -0.39 is 8.07 Å². The maximum Gasteiger partial charge on any atom is 0.0900 e. The lowest BCUT2D eigenvalue weighted by molar-refractivity contribution is 0.579. The van der Waals surface area contributed by atoms with Crippen LogP contribution in [-0.2, 0) is 6.54 Å². The first-order chi connectivity index (χ1) is 9.77. The lowest BCUT2D eigenvalue weighted by Crippen LogP contribution is -2.37. The highest BCUT2D eigenvalue weighted by Crippen LogP contribution is 2.24. The first-order valence-corrected chi connectivity index (χ1v) is 11.9. The zero-order valence-electron chi connectivity index (χ0n) is 13.9. The van der Waals surface area contributed by atoms with Crippen molar-refractivity contribution < 1.29 is 0 Å². The number of benzene rings is 1. The molecule has 1 aromatic carbocycles. The van der Waals surface area contributed by atoms with E-state index >= 15 is 0 Å². The normalized spacial score (nSPS) is 13.4. The third-order valence-electron chi connectivity index (χ3n) is 3.77. The number of aromatic nitrogens is 1. The molecule has 1 N–H and O–H groups in total. The van der Waals surface area contributed by atoms with Crippen LogP contribution in [0.15, 0.2) is 24.3 Å². The summed E-state index contributed by atoms with van der Waals surface area (Å²) < 4.78 is 0. The van der Waals surface area contributed by atoms with Crippen LogP contribution < -0.4 is 10.5 Å². The summed E-state index contributed by atoms with van der Waals surface area (Å²) in [6, 6.07) is 9.48. The Bertz CT molecular complexity index is 596. The van der Waals surface area contributed by atoms with Crippen molar-refractivity contribution in [2.75, 3.05) is 0 Å². The predicted octanol–water partition coefficient (Wildman–Crippen LogP) is 4.16. The van der Waals surface area contributed by atoms with Crippen LogP contribution in [0, 0.1) is 13.8 Å². The fourth-order valence-electron chi connectivity index (χ4n) is 2.44. The van der Waals surface area contributed by atoms with Gasteiger partial charge < -0.3 is 5.32 Å². The van der Waals surface area contributed by atoms with Gasteiger partial charge in [0.05, 0.1) is 18.8 Å². The molecule has 0 aliphatic carbocycles. The molecular formula is C17H26N2SSi. The fraction of sp³-hybridized carbons (Fsp3) is 0.471. The molecule has 0 spiro atoms. The van der Waals surface area contributed by atoms with E-state index in [1.807, 2.05) is 0 Å². The zero-order chi connectivity index (χ0) is 15.6. The summed E-state index contributed by atoms with van der Waals surface area (Å²) in [4.78, 5) is 5.86. The van der Waals surface area contributed by atoms with E-state index in [0.717, 1.165) is 17.2 Å². The molecule has 1 atom stereocenters. The average Bonchev–Trinajstić information content (AvgIpc) is 2.74. The number of nitrogens with one attached hydrogen (secondary N) is 1. The van der Waals surface area contributed by atoms with Gasteiger partial charge >= 0.3 is 0 Å². The van der Waals surface area contributed by atoms with Crippen LogP contribution in [0.3, 0.4) is 0 Å². The van der Waals surface area contributed by atoms with Crippen LogP contribution in [0.2, 0.25) is 19.6 Å². The molecule has 2 rings (SSSR count). The quantitative estimate of drug-likeness (QED) is 0.838. The molecule has 0 fully saturated rings. The molecule has 1 unspecified atom stereocenters. The standard InChI is InChI=1S/C17H26N2SSi/c1-12(17-13(2)19-14(3)20-17)18-11-15-7-9-16(10-8-15)21(4,5)6/h7-10,12,18H,11H2,1-6H3. The Kier molecular flexibility index (Phi) is 5.02. The fourth-order valence-corrected chi connectivity index (χ4v) is 4.56. The SMILES string of the molecule is Cc1nc(C)c(C(C)NCc2ccc([Si](C)(C)C)cc2)s1. The third kappa shape index (κ3) is 4.25. The summed E-state index contributed by atoms with van der Waals surface area (Å²) in [5.74, 6) is 0. The zero-order valence-corrected chi connectivity index (χ0v) is 15.8. The van der Waals surface area contributed by atoms with Gasteiger partial charge in [-0.15, -0.1) is 11.3 Å². The molecule has 0 amide bonds. The molecule has 0 bridgehead atoms. The Balaban J connectivity index is 1.98. The second-order valence-electron chi connectivity index (χ2n) is 6.73. The van der Waals surface area contributed by atoms with E-state index in [9.17, 15) is 0 Å². The van der Waals surface area contributed by atoms with Crippen LogP contribution >= 0.6 is 11.3 Å². The molecule has 2 aromatic rings. The summed E-state index contributed by atoms with van der Waals surface area (Å²) in [7, 11) is -1.19. The van der Waals surface area contributed by atoms with Gasteiger partial charge in [0.2, 0.25) is 0 Å². The highest BCUT2D eigenvalue weighted by atomic mass is 32.1. The molecule has 0 radical (unpaired) electrons. The molecule has 4 heteroatoms. The molecule has 1 heterocycles. The number of thiazole rings is 1. The minimum absolute atomic E-state index is 0.355. The molecule has 21 heavy (non-hydrogen) atoms. The van der Waals surface area contributed by atoms with Gasteiger partial charge in [-0.3, -0.25) is 0 Å². The minimum atomic E-state index is -1.19. The number of nitrogens with zero attached hydrogens (tertiary/aromatic N) is 1. The second-order valence-corrected chi connectivity index (χ2v) is 13.0. The monoisotopic (exact) mass is 318 g/mol. The Morgan fingerprint density at radius 2 is 1.76 bits per heavy atom. The van der Waals surface area contributed by atoms with E-state index in [1.54, 1.807) is 11.3 Å². The van der Waals surface area contributed by atoms with Crippen LogP contribution in [0.25, 0.3) is 0 Å². The van der Waals surface area contributed by atoms with Gasteiger partial charge in [-0.05, 0) is 26.3 Å². The first kappa shape index (κ1) is 16.4. The van der Waals surface area contributed by atoms with Crippen LogP contribution in [-0.4, -0.2) is 13.1 Å². The van der Waals surface area contributed by atoms with Crippen LogP contribution in [0.5, 0.6) is 0 Å². The van der Waals surface area contributed by atoms with Crippen molar-refractivity contribution in [3.05, 3.63) is 45.4 Å². The van der Waals surface area contributed by atoms with Crippen LogP contribution in [0.4, 0.5) is 0 Å². The van der Waals surface area contributed by atoms with Gasteiger partial charge in [-0.1, -0.05) is 49.1 Å². The van der Waals surface area contributed by atoms with Gasteiger partial charge in [0.1, 0.15) is 0 Å². The molecule has 0 aliphatic rings. The van der Waals surface area contributed by atoms with E-state index in [2.05, 4.69) is 75.0 Å². The Hall–Kier alpha value is -0.973. The van der Waals surface area contributed by atoms with Crippen molar-refractivity contribution in [3.8, 4) is 0 Å². The van der Waals surface area contributed by atoms with Crippen molar-refractivity contribution in [3.63, 3.8) is 0 Å². The molecule has 0 saturated carbocycles. The molecular weight excluding hydrogens is 292 g/mol. The summed E-state index contributed by atoms with van der Waals surface area (Å²) in [6.07, 6.45) is 0. The van der Waals surface area contributed by atoms with Crippen molar-refractivity contribution in [1.82, 2.24) is 10.3 Å². The van der Waals surface area contributed by atoms with Crippen molar-refractivity contribution >= 4 is 24.6 Å². The predicted molar refractivity (Wildman–Crippen MR) is 96.3 cm³/mol. The molecule has 114 valence electrons. The summed E-state index contributed by atoms with van der Waals surface area (Å²) in [5, 5.41) is 6.28. The maximum absolute atomic E-state index is 4.51. The minimum Gasteiger partial charge on any atom is -0.305 e. The number of aryl methyl sites for hydroxylation is 2. The highest BCUT2D eigenvalue weighted by molar-refractivity contribution is 7.11. The lowest BCUT2D eigenvalue weighted by Gasteiger charge is -2.17. The second kappa shape index (κ2) is 6.42. The lowest BCUT2D eigenvalue weighted by atomic mass is 10.2. The molecule has 2 nitrogen and oxygen atoms in total. The van der Waals surface area contributed by atoms with Gasteiger partial charge in [-0.2, -0.15) is 0 Å². The average molecular weight is 319 g/mol. The third-order valence-corrected chi connectivity index (χ3v) is 7.09. The Labute approximate surface area is 133 Å². The molecule has 1 aromatic heterocycles. The summed E-state index contributed by atoms with van der Waals surface area (Å²) in [6.45, 7) is 14.5. The van der Waals surface area contributed by atoms with E-state index in [-0.39, 0.29) is 0 Å². The van der Waals surface area contributed by atoms with E-state index in [1.165, 1.54) is 15.6 Å². The van der Waals surface area contributed by atoms with Gasteiger partial charge in [0, 0.05) is 17.5 Å². The van der Waals surface area contributed by atoms with Crippen molar-refractivity contribution in [1.29, 1.82) is 0 Å². The van der Waals surface area contributed by atoms with Gasteiger partial charge in [-0.25, -0.2) is 4.98 Å². The van der Waals surface area contributed by atoms with Gasteiger partial charge in [0.15, 0.2) is 0 Å². The Morgan fingerprint density at radius 3 is 2.24 bits per heavy atom. The summed E-state index contributed by atoms with van der Waals surface area (Å²) in [5.41, 5.74) is 2.51. The topological polar surface area (TPSA) is 24.9 Å². The number of hydrogen-bond acceptors (Lipinski definition) is 3. The molecule has 0 aliphatic heterocycles. The van der Waals surface area contributed by atoms with Crippen LogP contribution in [0.1, 0.15) is 34.1 Å².